The number of hydrogen-bond donors (Lipinski definition) is 1. The van der Waals surface area contributed by atoms with E-state index in [-0.39, 0.29) is 21.9 Å². The Labute approximate surface area is 140 Å². The molecule has 8 heteroatoms. The van der Waals surface area contributed by atoms with Gasteiger partial charge >= 0.3 is 6.18 Å². The van der Waals surface area contributed by atoms with Gasteiger partial charge < -0.3 is 5.11 Å². The lowest BCUT2D eigenvalue weighted by molar-refractivity contribution is -0.137. The minimum Gasteiger partial charge on any atom is -0.492 e. The fraction of sp³-hybridized carbons (Fsp3) is 0.438. The Morgan fingerprint density at radius 3 is 2.58 bits per heavy atom. The minimum atomic E-state index is -4.48. The van der Waals surface area contributed by atoms with Crippen molar-refractivity contribution < 1.29 is 23.1 Å². The highest BCUT2D eigenvalue weighted by atomic mass is 32.2. The Hall–Kier alpha value is -1.83. The number of carbonyl (C=O) groups excluding carboxylic acids is 1. The molecular formula is C16H15F3N2O2S. The standard InChI is InChI=1S/C16H15F3N2O2S/c1-15(8-3-4-8)12(14(23)20-21-15)13(22)10-6-5-9(16(17,18)19)7-11(10)24-2/h5-8,23H,3-4H2,1-2H3. The Kier molecular flexibility index (Phi) is 3.98. The molecule has 1 N–H and O–H groups in total. The van der Waals surface area contributed by atoms with E-state index < -0.39 is 28.9 Å². The summed E-state index contributed by atoms with van der Waals surface area (Å²) in [6.45, 7) is 1.73. The van der Waals surface area contributed by atoms with E-state index in [1.807, 2.05) is 0 Å². The summed E-state index contributed by atoms with van der Waals surface area (Å²) in [4.78, 5) is 13.1. The number of aliphatic hydroxyl groups excluding tert-OH is 1. The number of alkyl halides is 3. The fourth-order valence-corrected chi connectivity index (χ4v) is 3.56. The molecule has 1 unspecified atom stereocenters. The molecule has 1 aliphatic heterocycles. The van der Waals surface area contributed by atoms with E-state index in [0.29, 0.717) is 0 Å². The topological polar surface area (TPSA) is 62.0 Å². The van der Waals surface area contributed by atoms with Crippen LogP contribution in [0, 0.1) is 5.92 Å². The molecule has 0 aromatic heterocycles. The number of aliphatic hydroxyl groups is 1. The zero-order valence-corrected chi connectivity index (χ0v) is 13.8. The van der Waals surface area contributed by atoms with Gasteiger partial charge in [0.2, 0.25) is 5.88 Å². The molecule has 0 amide bonds. The highest BCUT2D eigenvalue weighted by Gasteiger charge is 2.51. The summed E-state index contributed by atoms with van der Waals surface area (Å²) >= 11 is 1.05. The first kappa shape index (κ1) is 17.0. The number of azo groups is 1. The second-order valence-corrected chi connectivity index (χ2v) is 6.91. The van der Waals surface area contributed by atoms with Crippen LogP contribution in [0.4, 0.5) is 13.2 Å². The first-order chi connectivity index (χ1) is 11.2. The lowest BCUT2D eigenvalue weighted by atomic mass is 9.83. The van der Waals surface area contributed by atoms with Crippen molar-refractivity contribution >= 4 is 17.5 Å². The average molecular weight is 356 g/mol. The number of thioether (sulfide) groups is 1. The molecule has 2 aliphatic rings. The highest BCUT2D eigenvalue weighted by Crippen LogP contribution is 2.50. The predicted molar refractivity (Wildman–Crippen MR) is 83.2 cm³/mol. The van der Waals surface area contributed by atoms with Crippen LogP contribution >= 0.6 is 11.8 Å². The smallest absolute Gasteiger partial charge is 0.416 e. The second-order valence-electron chi connectivity index (χ2n) is 6.06. The third-order valence-electron chi connectivity index (χ3n) is 4.46. The quantitative estimate of drug-likeness (QED) is 0.609. The molecule has 1 aromatic carbocycles. The van der Waals surface area contributed by atoms with Crippen LogP contribution in [0.2, 0.25) is 0 Å². The number of rotatable bonds is 4. The maximum absolute atomic E-state index is 12.9. The van der Waals surface area contributed by atoms with E-state index in [9.17, 15) is 23.1 Å². The van der Waals surface area contributed by atoms with Crippen molar-refractivity contribution in [3.63, 3.8) is 0 Å². The van der Waals surface area contributed by atoms with Crippen molar-refractivity contribution in [3.8, 4) is 0 Å². The van der Waals surface area contributed by atoms with Crippen LogP contribution in [0.5, 0.6) is 0 Å². The molecule has 0 saturated heterocycles. The number of hydrogen-bond acceptors (Lipinski definition) is 5. The monoisotopic (exact) mass is 356 g/mol. The van der Waals surface area contributed by atoms with Crippen molar-refractivity contribution in [1.82, 2.24) is 0 Å². The van der Waals surface area contributed by atoms with Gasteiger partial charge in [0.05, 0.1) is 11.1 Å². The van der Waals surface area contributed by atoms with E-state index in [0.717, 1.165) is 42.8 Å². The fourth-order valence-electron chi connectivity index (χ4n) is 2.93. The summed E-state index contributed by atoms with van der Waals surface area (Å²) in [6.07, 6.45) is -1.12. The maximum Gasteiger partial charge on any atom is 0.416 e. The maximum atomic E-state index is 12.9. The third kappa shape index (κ3) is 2.72. The van der Waals surface area contributed by atoms with Gasteiger partial charge in [-0.2, -0.15) is 18.3 Å². The van der Waals surface area contributed by atoms with Crippen LogP contribution in [-0.4, -0.2) is 22.7 Å². The van der Waals surface area contributed by atoms with Crippen molar-refractivity contribution in [2.24, 2.45) is 16.1 Å². The number of nitrogens with zero attached hydrogens (tertiary/aromatic N) is 2. The van der Waals surface area contributed by atoms with E-state index in [1.165, 1.54) is 0 Å². The number of halogens is 3. The van der Waals surface area contributed by atoms with E-state index in [1.54, 1.807) is 13.2 Å². The zero-order chi connectivity index (χ0) is 17.7. The van der Waals surface area contributed by atoms with Crippen molar-refractivity contribution in [3.05, 3.63) is 40.8 Å². The van der Waals surface area contributed by atoms with Crippen molar-refractivity contribution in [2.45, 2.75) is 36.4 Å². The Bertz CT molecular complexity index is 769. The molecule has 3 rings (SSSR count). The van der Waals surface area contributed by atoms with Gasteiger partial charge in [0, 0.05) is 10.5 Å². The molecule has 1 saturated carbocycles. The predicted octanol–water partition coefficient (Wildman–Crippen LogP) is 5.01. The van der Waals surface area contributed by atoms with Crippen LogP contribution < -0.4 is 0 Å². The molecule has 1 atom stereocenters. The van der Waals surface area contributed by atoms with Gasteiger partial charge in [-0.25, -0.2) is 0 Å². The first-order valence-electron chi connectivity index (χ1n) is 7.35. The van der Waals surface area contributed by atoms with Crippen LogP contribution in [0.1, 0.15) is 35.7 Å². The zero-order valence-electron chi connectivity index (χ0n) is 13.0. The molecule has 0 radical (unpaired) electrons. The summed E-state index contributed by atoms with van der Waals surface area (Å²) in [5.74, 6) is -0.844. The Balaban J connectivity index is 2.03. The van der Waals surface area contributed by atoms with E-state index in [2.05, 4.69) is 10.2 Å². The molecule has 1 aliphatic carbocycles. The van der Waals surface area contributed by atoms with Crippen LogP contribution in [-0.2, 0) is 6.18 Å². The number of carbonyl (C=O) groups is 1. The average Bonchev–Trinajstić information content (AvgIpc) is 3.32. The lowest BCUT2D eigenvalue weighted by Gasteiger charge is -2.22. The van der Waals surface area contributed by atoms with E-state index in [4.69, 9.17) is 0 Å². The first-order valence-corrected chi connectivity index (χ1v) is 8.57. The highest BCUT2D eigenvalue weighted by molar-refractivity contribution is 7.98. The van der Waals surface area contributed by atoms with Gasteiger partial charge in [0.15, 0.2) is 5.78 Å². The molecule has 4 nitrogen and oxygen atoms in total. The summed E-state index contributed by atoms with van der Waals surface area (Å²) < 4.78 is 38.6. The molecule has 1 heterocycles. The van der Waals surface area contributed by atoms with Gasteiger partial charge in [0.25, 0.3) is 0 Å². The van der Waals surface area contributed by atoms with Crippen molar-refractivity contribution in [2.75, 3.05) is 6.26 Å². The molecule has 0 bridgehead atoms. The molecule has 0 spiro atoms. The molecular weight excluding hydrogens is 341 g/mol. The molecule has 1 fully saturated rings. The van der Waals surface area contributed by atoms with Gasteiger partial charge in [-0.15, -0.1) is 16.9 Å². The summed E-state index contributed by atoms with van der Waals surface area (Å²) in [6, 6.07) is 2.98. The molecule has 1 aromatic rings. The van der Waals surface area contributed by atoms with Crippen LogP contribution in [0.25, 0.3) is 0 Å². The molecule has 128 valence electrons. The summed E-state index contributed by atoms with van der Waals surface area (Å²) in [5, 5.41) is 17.7. The number of ketones is 1. The summed E-state index contributed by atoms with van der Waals surface area (Å²) in [7, 11) is 0. The second kappa shape index (κ2) is 5.61. The third-order valence-corrected chi connectivity index (χ3v) is 5.23. The van der Waals surface area contributed by atoms with Gasteiger partial charge in [0.1, 0.15) is 5.54 Å². The summed E-state index contributed by atoms with van der Waals surface area (Å²) in [5.41, 5.74) is -1.52. The van der Waals surface area contributed by atoms with E-state index >= 15 is 0 Å². The SMILES string of the molecule is CSc1cc(C(F)(F)F)ccc1C(=O)C1=C(O)N=NC1(C)C1CC1. The van der Waals surface area contributed by atoms with Gasteiger partial charge in [-0.1, -0.05) is 0 Å². The van der Waals surface area contributed by atoms with Gasteiger partial charge in [-0.3, -0.25) is 4.79 Å². The normalized spacial score (nSPS) is 23.9. The van der Waals surface area contributed by atoms with Crippen LogP contribution in [0.3, 0.4) is 0 Å². The van der Waals surface area contributed by atoms with Gasteiger partial charge in [-0.05, 0) is 50.1 Å². The van der Waals surface area contributed by atoms with Crippen LogP contribution in [0.15, 0.2) is 44.8 Å². The number of Topliss-reactive ketones (excluding diaryl/α,β-unsaturated/α-hetero) is 1. The number of benzene rings is 1. The lowest BCUT2D eigenvalue weighted by Crippen LogP contribution is -2.31. The molecule has 24 heavy (non-hydrogen) atoms. The minimum absolute atomic E-state index is 0.0695. The van der Waals surface area contributed by atoms with Crippen molar-refractivity contribution in [1.29, 1.82) is 0 Å². The largest absolute Gasteiger partial charge is 0.492 e. The Morgan fingerprint density at radius 2 is 2.04 bits per heavy atom. The Morgan fingerprint density at radius 1 is 1.38 bits per heavy atom.